The van der Waals surface area contributed by atoms with Gasteiger partial charge in [0.05, 0.1) is 16.7 Å². The molecule has 1 aliphatic rings. The first-order valence-electron chi connectivity index (χ1n) is 11.7. The van der Waals surface area contributed by atoms with Crippen LogP contribution in [-0.2, 0) is 0 Å². The van der Waals surface area contributed by atoms with Crippen molar-refractivity contribution in [3.8, 4) is 11.3 Å². The summed E-state index contributed by atoms with van der Waals surface area (Å²) in [5, 5.41) is 18.7. The number of hydrogen-bond acceptors (Lipinski definition) is 6. The molecule has 3 heterocycles. The molecule has 182 valence electrons. The van der Waals surface area contributed by atoms with Gasteiger partial charge >= 0.3 is 0 Å². The minimum Gasteiger partial charge on any atom is -0.459 e. The third-order valence-corrected chi connectivity index (χ3v) is 6.49. The number of thiocarbonyl (C=S) groups is 1. The first-order chi connectivity index (χ1) is 17.6. The van der Waals surface area contributed by atoms with Crippen molar-refractivity contribution >= 4 is 28.7 Å². The van der Waals surface area contributed by atoms with E-state index in [1.165, 1.54) is 12.1 Å². The normalized spacial score (nSPS) is 17.1. The highest BCUT2D eigenvalue weighted by molar-refractivity contribution is 7.80. The van der Waals surface area contributed by atoms with Crippen LogP contribution in [0.5, 0.6) is 0 Å². The Balaban J connectivity index is 1.39. The van der Waals surface area contributed by atoms with E-state index in [4.69, 9.17) is 16.6 Å². The Hall–Kier alpha value is -4.24. The molecule has 1 saturated heterocycles. The van der Waals surface area contributed by atoms with Gasteiger partial charge in [-0.1, -0.05) is 36.4 Å². The Morgan fingerprint density at radius 1 is 1.06 bits per heavy atom. The average molecular weight is 500 g/mol. The number of para-hydroxylation sites is 1. The molecule has 9 heteroatoms. The van der Waals surface area contributed by atoms with Gasteiger partial charge in [-0.15, -0.1) is 0 Å². The van der Waals surface area contributed by atoms with E-state index in [9.17, 15) is 10.1 Å². The minimum absolute atomic E-state index is 0.0214. The van der Waals surface area contributed by atoms with Crippen molar-refractivity contribution in [2.45, 2.75) is 18.5 Å². The summed E-state index contributed by atoms with van der Waals surface area (Å²) in [6.45, 7) is 1.51. The number of rotatable bonds is 9. The molecule has 2 atom stereocenters. The van der Waals surface area contributed by atoms with Crippen molar-refractivity contribution in [3.05, 3.63) is 113 Å². The van der Waals surface area contributed by atoms with Crippen LogP contribution in [-0.4, -0.2) is 33.0 Å². The molecule has 2 aromatic heterocycles. The molecule has 2 N–H and O–H groups in total. The summed E-state index contributed by atoms with van der Waals surface area (Å²) < 4.78 is 6.29. The van der Waals surface area contributed by atoms with Crippen molar-refractivity contribution < 1.29 is 9.34 Å². The van der Waals surface area contributed by atoms with Gasteiger partial charge in [0.2, 0.25) is 0 Å². The molecule has 1 fully saturated rings. The third kappa shape index (κ3) is 5.06. The standard InChI is InChI=1S/C27H25N5O3S/c33-32(34)21-11-6-8-19(18-21)23-13-14-24(35-23)26-25(22-12-4-5-15-29-22)30-27(36)31(26)17-7-16-28-20-9-2-1-3-10-20/h1-6,8-15,18,25-26,28H,7,16-17H2,(H,30,36)/t25-,26-/m0/s1. The predicted octanol–water partition coefficient (Wildman–Crippen LogP) is 5.72. The molecule has 0 bridgehead atoms. The third-order valence-electron chi connectivity index (χ3n) is 6.14. The van der Waals surface area contributed by atoms with Gasteiger partial charge in [0.15, 0.2) is 5.11 Å². The number of benzene rings is 2. The number of hydrogen-bond donors (Lipinski definition) is 2. The lowest BCUT2D eigenvalue weighted by Crippen LogP contribution is -2.31. The molecule has 0 aliphatic carbocycles. The zero-order valence-corrected chi connectivity index (χ0v) is 20.2. The van der Waals surface area contributed by atoms with Gasteiger partial charge in [0.25, 0.3) is 5.69 Å². The van der Waals surface area contributed by atoms with E-state index < -0.39 is 4.92 Å². The second kappa shape index (κ2) is 10.6. The van der Waals surface area contributed by atoms with Crippen LogP contribution in [0.3, 0.4) is 0 Å². The van der Waals surface area contributed by atoms with Crippen LogP contribution in [0.15, 0.2) is 95.5 Å². The molecule has 0 radical (unpaired) electrons. The minimum atomic E-state index is -0.408. The summed E-state index contributed by atoms with van der Waals surface area (Å²) in [7, 11) is 0. The number of nitrogens with one attached hydrogen (secondary N) is 2. The van der Waals surface area contributed by atoms with Gasteiger partial charge in [-0.2, -0.15) is 0 Å². The number of aromatic nitrogens is 1. The molecular weight excluding hydrogens is 474 g/mol. The largest absolute Gasteiger partial charge is 0.459 e. The van der Waals surface area contributed by atoms with Crippen molar-refractivity contribution in [3.63, 3.8) is 0 Å². The number of nitrogens with zero attached hydrogens (tertiary/aromatic N) is 3. The van der Waals surface area contributed by atoms with E-state index in [0.29, 0.717) is 23.0 Å². The van der Waals surface area contributed by atoms with Gasteiger partial charge in [0, 0.05) is 42.7 Å². The number of furan rings is 1. The molecule has 1 aliphatic heterocycles. The van der Waals surface area contributed by atoms with Crippen LogP contribution in [0.2, 0.25) is 0 Å². The van der Waals surface area contributed by atoms with E-state index in [2.05, 4.69) is 20.5 Å². The lowest BCUT2D eigenvalue weighted by atomic mass is 10.0. The summed E-state index contributed by atoms with van der Waals surface area (Å²) in [6.07, 6.45) is 2.63. The van der Waals surface area contributed by atoms with Crippen LogP contribution >= 0.6 is 12.2 Å². The highest BCUT2D eigenvalue weighted by atomic mass is 32.1. The van der Waals surface area contributed by atoms with Crippen molar-refractivity contribution in [2.24, 2.45) is 0 Å². The number of nitro benzene ring substituents is 1. The maximum absolute atomic E-state index is 11.2. The summed E-state index contributed by atoms with van der Waals surface area (Å²) in [6, 6.07) is 25.7. The first-order valence-corrected chi connectivity index (χ1v) is 12.1. The molecule has 5 rings (SSSR count). The summed E-state index contributed by atoms with van der Waals surface area (Å²) in [5.74, 6) is 1.28. The Labute approximate surface area is 214 Å². The Morgan fingerprint density at radius 2 is 1.89 bits per heavy atom. The Kier molecular flexibility index (Phi) is 6.90. The van der Waals surface area contributed by atoms with Crippen molar-refractivity contribution in [1.82, 2.24) is 15.2 Å². The van der Waals surface area contributed by atoms with Gasteiger partial charge < -0.3 is 20.0 Å². The molecule has 36 heavy (non-hydrogen) atoms. The summed E-state index contributed by atoms with van der Waals surface area (Å²) in [4.78, 5) is 17.5. The molecule has 2 aromatic carbocycles. The second-order valence-corrected chi connectivity index (χ2v) is 8.86. The van der Waals surface area contributed by atoms with E-state index in [-0.39, 0.29) is 17.8 Å². The maximum Gasteiger partial charge on any atom is 0.270 e. The summed E-state index contributed by atoms with van der Waals surface area (Å²) >= 11 is 5.73. The van der Waals surface area contributed by atoms with Crippen LogP contribution in [0.4, 0.5) is 11.4 Å². The number of nitro groups is 1. The molecule has 0 saturated carbocycles. The first kappa shape index (κ1) is 23.5. The quantitative estimate of drug-likeness (QED) is 0.131. The van der Waals surface area contributed by atoms with Crippen LogP contribution < -0.4 is 10.6 Å². The van der Waals surface area contributed by atoms with Crippen molar-refractivity contribution in [1.29, 1.82) is 0 Å². The fraction of sp³-hybridized carbons (Fsp3) is 0.185. The number of pyridine rings is 1. The second-order valence-electron chi connectivity index (χ2n) is 8.48. The molecule has 0 spiro atoms. The van der Waals surface area contributed by atoms with E-state index in [1.54, 1.807) is 18.3 Å². The van der Waals surface area contributed by atoms with Crippen LogP contribution in [0.25, 0.3) is 11.3 Å². The number of non-ortho nitro benzene ring substituents is 1. The topological polar surface area (TPSA) is 96.5 Å². The van der Waals surface area contributed by atoms with Gasteiger partial charge in [-0.3, -0.25) is 15.1 Å². The molecule has 0 amide bonds. The zero-order chi connectivity index (χ0) is 24.9. The fourth-order valence-electron chi connectivity index (χ4n) is 4.43. The molecule has 0 unspecified atom stereocenters. The Bertz CT molecular complexity index is 1350. The zero-order valence-electron chi connectivity index (χ0n) is 19.4. The molecular formula is C27H25N5O3S. The van der Waals surface area contributed by atoms with E-state index in [0.717, 1.165) is 30.1 Å². The average Bonchev–Trinajstić information content (AvgIpc) is 3.52. The monoisotopic (exact) mass is 499 g/mol. The fourth-order valence-corrected chi connectivity index (χ4v) is 4.76. The Morgan fingerprint density at radius 3 is 2.67 bits per heavy atom. The predicted molar refractivity (Wildman–Crippen MR) is 143 cm³/mol. The van der Waals surface area contributed by atoms with Crippen LogP contribution in [0, 0.1) is 10.1 Å². The lowest BCUT2D eigenvalue weighted by molar-refractivity contribution is -0.384. The van der Waals surface area contributed by atoms with E-state index >= 15 is 0 Å². The number of anilines is 1. The van der Waals surface area contributed by atoms with Gasteiger partial charge in [-0.25, -0.2) is 0 Å². The maximum atomic E-state index is 11.2. The van der Waals surface area contributed by atoms with Gasteiger partial charge in [-0.05, 0) is 55.0 Å². The highest BCUT2D eigenvalue weighted by Crippen LogP contribution is 2.40. The van der Waals surface area contributed by atoms with Crippen LogP contribution in [0.1, 0.15) is 30.0 Å². The molecule has 4 aromatic rings. The lowest BCUT2D eigenvalue weighted by Gasteiger charge is -2.26. The summed E-state index contributed by atoms with van der Waals surface area (Å²) in [5.41, 5.74) is 2.61. The molecule has 8 nitrogen and oxygen atoms in total. The van der Waals surface area contributed by atoms with E-state index in [1.807, 2.05) is 60.7 Å². The smallest absolute Gasteiger partial charge is 0.270 e. The van der Waals surface area contributed by atoms with Gasteiger partial charge in [0.1, 0.15) is 17.6 Å². The van der Waals surface area contributed by atoms with Crippen molar-refractivity contribution in [2.75, 3.05) is 18.4 Å². The highest BCUT2D eigenvalue weighted by Gasteiger charge is 2.41. The SMILES string of the molecule is O=[N+]([O-])c1cccc(-c2ccc([C@H]3[C@H](c4ccccn4)NC(=S)N3CCCNc3ccccc3)o2)c1.